The van der Waals surface area contributed by atoms with Crippen molar-refractivity contribution >= 4 is 41.0 Å². The first-order chi connectivity index (χ1) is 25.2. The Hall–Kier alpha value is -3.97. The van der Waals surface area contributed by atoms with Gasteiger partial charge < -0.3 is 30.3 Å². The molecule has 1 aliphatic rings. The van der Waals surface area contributed by atoms with Crippen molar-refractivity contribution in [3.05, 3.63) is 35.4 Å². The van der Waals surface area contributed by atoms with Gasteiger partial charge >= 0.3 is 0 Å². The Morgan fingerprint density at radius 1 is 0.755 bits per heavy atom. The lowest BCUT2D eigenvalue weighted by atomic mass is 9.87. The molecule has 1 heterocycles. The van der Waals surface area contributed by atoms with Crippen LogP contribution in [-0.4, -0.2) is 104 Å². The van der Waals surface area contributed by atoms with Gasteiger partial charge in [0, 0.05) is 69.5 Å². The third kappa shape index (κ3) is 16.7. The average Bonchev–Trinajstić information content (AvgIpc) is 3.61. The van der Waals surface area contributed by atoms with E-state index < -0.39 is 18.0 Å². The van der Waals surface area contributed by atoms with E-state index in [0.717, 1.165) is 19.3 Å². The van der Waals surface area contributed by atoms with Gasteiger partial charge in [-0.1, -0.05) is 46.2 Å². The van der Waals surface area contributed by atoms with E-state index in [1.54, 1.807) is 29.2 Å². The molecule has 0 saturated carbocycles. The smallest absolute Gasteiger partial charge is 0.251 e. The summed E-state index contributed by atoms with van der Waals surface area (Å²) >= 11 is 0. The second-order valence-electron chi connectivity index (χ2n) is 14.5. The van der Waals surface area contributed by atoms with Crippen LogP contribution in [0.4, 0.5) is 0 Å². The summed E-state index contributed by atoms with van der Waals surface area (Å²) in [5.41, 5.74) is 0.775. The molecule has 13 nitrogen and oxygen atoms in total. The summed E-state index contributed by atoms with van der Waals surface area (Å²) in [6, 6.07) is 5.00. The lowest BCUT2D eigenvalue weighted by Crippen LogP contribution is -2.53. The van der Waals surface area contributed by atoms with E-state index in [-0.39, 0.29) is 59.2 Å². The summed E-state index contributed by atoms with van der Waals surface area (Å²) in [7, 11) is 0. The zero-order chi connectivity index (χ0) is 39.3. The highest BCUT2D eigenvalue weighted by Gasteiger charge is 2.39. The molecule has 1 aromatic carbocycles. The van der Waals surface area contributed by atoms with Gasteiger partial charge in [-0.2, -0.15) is 0 Å². The number of amides is 4. The van der Waals surface area contributed by atoms with E-state index in [4.69, 9.17) is 9.47 Å². The van der Waals surface area contributed by atoms with Gasteiger partial charge in [0.25, 0.3) is 5.91 Å². The molecule has 4 amide bonds. The number of carbonyl (C=O) groups excluding carboxylic acids is 7. The predicted octanol–water partition coefficient (Wildman–Crippen LogP) is 4.06. The number of ketones is 3. The maximum absolute atomic E-state index is 13.7. The zero-order valence-electron chi connectivity index (χ0n) is 32.6. The molecule has 1 aliphatic heterocycles. The summed E-state index contributed by atoms with van der Waals surface area (Å²) in [5.74, 6) is -1.94. The Morgan fingerprint density at radius 2 is 1.40 bits per heavy atom. The fourth-order valence-electron chi connectivity index (χ4n) is 6.28. The Balaban J connectivity index is 1.69. The quantitative estimate of drug-likeness (QED) is 0.0933. The maximum atomic E-state index is 13.7. The van der Waals surface area contributed by atoms with Gasteiger partial charge in [-0.05, 0) is 63.0 Å². The van der Waals surface area contributed by atoms with Crippen molar-refractivity contribution in [2.75, 3.05) is 46.1 Å². The molecule has 0 radical (unpaired) electrons. The van der Waals surface area contributed by atoms with Crippen LogP contribution in [0.15, 0.2) is 24.3 Å². The Bertz CT molecular complexity index is 1360. The number of nitrogens with zero attached hydrogens (tertiary/aromatic N) is 1. The Kier molecular flexibility index (Phi) is 20.8. The van der Waals surface area contributed by atoms with E-state index in [2.05, 4.69) is 16.0 Å². The van der Waals surface area contributed by atoms with Crippen molar-refractivity contribution < 1.29 is 43.0 Å². The fraction of sp³-hybridized carbons (Fsp3) is 0.675. The van der Waals surface area contributed by atoms with Crippen LogP contribution >= 0.6 is 0 Å². The van der Waals surface area contributed by atoms with E-state index in [9.17, 15) is 33.6 Å². The van der Waals surface area contributed by atoms with E-state index in [1.807, 2.05) is 27.7 Å². The van der Waals surface area contributed by atoms with Crippen molar-refractivity contribution in [1.82, 2.24) is 20.9 Å². The number of hydrogen-bond donors (Lipinski definition) is 3. The van der Waals surface area contributed by atoms with E-state index in [0.29, 0.717) is 89.3 Å². The number of carbonyl (C=O) groups is 7. The number of hydrogen-bond acceptors (Lipinski definition) is 9. The molecule has 0 bridgehead atoms. The number of ether oxygens (including phenoxy) is 2. The third-order valence-corrected chi connectivity index (χ3v) is 9.39. The molecule has 3 N–H and O–H groups in total. The minimum atomic E-state index is -0.681. The van der Waals surface area contributed by atoms with Crippen LogP contribution in [0.25, 0.3) is 0 Å². The number of rotatable bonds is 26. The van der Waals surface area contributed by atoms with E-state index in [1.165, 1.54) is 13.8 Å². The van der Waals surface area contributed by atoms with Crippen molar-refractivity contribution in [1.29, 1.82) is 0 Å². The molecule has 13 heteroatoms. The Morgan fingerprint density at radius 3 is 2.02 bits per heavy atom. The van der Waals surface area contributed by atoms with Crippen LogP contribution in [0, 0.1) is 17.8 Å². The monoisotopic (exact) mass is 742 g/mol. The highest BCUT2D eigenvalue weighted by Crippen LogP contribution is 2.27. The van der Waals surface area contributed by atoms with Crippen molar-refractivity contribution in [2.45, 2.75) is 111 Å². The molecule has 1 aromatic rings. The lowest BCUT2D eigenvalue weighted by molar-refractivity contribution is -0.143. The van der Waals surface area contributed by atoms with Crippen LogP contribution in [-0.2, 0) is 33.4 Å². The van der Waals surface area contributed by atoms with Crippen LogP contribution in [0.3, 0.4) is 0 Å². The molecular weight excluding hydrogens is 680 g/mol. The van der Waals surface area contributed by atoms with Crippen molar-refractivity contribution in [3.63, 3.8) is 0 Å². The maximum Gasteiger partial charge on any atom is 0.251 e. The van der Waals surface area contributed by atoms with Crippen LogP contribution in [0.1, 0.15) is 120 Å². The summed E-state index contributed by atoms with van der Waals surface area (Å²) in [6.07, 6.45) is 5.42. The first-order valence-corrected chi connectivity index (χ1v) is 19.2. The lowest BCUT2D eigenvalue weighted by Gasteiger charge is -2.31. The predicted molar refractivity (Wildman–Crippen MR) is 201 cm³/mol. The molecule has 2 unspecified atom stereocenters. The van der Waals surface area contributed by atoms with E-state index >= 15 is 0 Å². The second kappa shape index (κ2) is 24.4. The number of unbranched alkanes of at least 4 members (excludes halogenated alkanes) is 2. The van der Waals surface area contributed by atoms with Crippen LogP contribution in [0.5, 0.6) is 0 Å². The standard InChI is InChI=1S/C40H62N4O9/c1-27(2)34(40(51)44-21-10-14-35(44)39(50)43-37(28(3)4)29(5)45)26-36(48)31-15-17-32(18-16-31)38(49)42-20-23-53-25-24-52-22-11-13-33(47)12-8-7-9-19-41-30(6)46/h15-18,27-28,34-35,37H,7-14,19-26H2,1-6H3,(H,41,46)(H,42,49)(H,43,50)/t34-,35?,37?/m0/s1. The summed E-state index contributed by atoms with van der Waals surface area (Å²) in [6.45, 7) is 13.3. The molecule has 1 fully saturated rings. The molecule has 0 aromatic heterocycles. The van der Waals surface area contributed by atoms with Gasteiger partial charge in [-0.15, -0.1) is 0 Å². The van der Waals surface area contributed by atoms with Crippen molar-refractivity contribution in [3.8, 4) is 0 Å². The molecule has 296 valence electrons. The fourth-order valence-corrected chi connectivity index (χ4v) is 6.28. The number of likely N-dealkylation sites (tertiary alicyclic amines) is 1. The van der Waals surface area contributed by atoms with Crippen LogP contribution < -0.4 is 16.0 Å². The SMILES string of the molecule is CC(=O)NCCCCCC(=O)CCCOCCOCCNC(=O)c1ccc(C(=O)C[C@H](C(=O)N2CCCC2C(=O)NC(C(C)=O)C(C)C)C(C)C)cc1. The molecule has 0 aliphatic carbocycles. The molecule has 3 atom stereocenters. The highest BCUT2D eigenvalue weighted by atomic mass is 16.5. The average molecular weight is 743 g/mol. The molecule has 53 heavy (non-hydrogen) atoms. The topological polar surface area (TPSA) is 177 Å². The summed E-state index contributed by atoms with van der Waals surface area (Å²) < 4.78 is 11.0. The van der Waals surface area contributed by atoms with Gasteiger partial charge in [0.15, 0.2) is 11.6 Å². The first-order valence-electron chi connectivity index (χ1n) is 19.2. The minimum absolute atomic E-state index is 0.0306. The van der Waals surface area contributed by atoms with Gasteiger partial charge in [0.1, 0.15) is 11.8 Å². The third-order valence-electron chi connectivity index (χ3n) is 9.39. The van der Waals surface area contributed by atoms with Gasteiger partial charge in [0.2, 0.25) is 17.7 Å². The largest absolute Gasteiger partial charge is 0.379 e. The van der Waals surface area contributed by atoms with Crippen molar-refractivity contribution in [2.24, 2.45) is 17.8 Å². The van der Waals surface area contributed by atoms with Gasteiger partial charge in [-0.3, -0.25) is 33.6 Å². The number of benzene rings is 1. The normalized spacial score (nSPS) is 15.2. The first kappa shape index (κ1) is 45.2. The van der Waals surface area contributed by atoms with Gasteiger partial charge in [0.05, 0.1) is 25.9 Å². The second-order valence-corrected chi connectivity index (χ2v) is 14.5. The zero-order valence-corrected chi connectivity index (χ0v) is 32.6. The molecular formula is C40H62N4O9. The summed E-state index contributed by atoms with van der Waals surface area (Å²) in [5, 5.41) is 8.36. The molecule has 0 spiro atoms. The number of nitrogens with one attached hydrogen (secondary N) is 3. The molecule has 2 rings (SSSR count). The molecule has 1 saturated heterocycles. The van der Waals surface area contributed by atoms with Gasteiger partial charge in [-0.25, -0.2) is 0 Å². The highest BCUT2D eigenvalue weighted by molar-refractivity contribution is 6.01. The number of Topliss-reactive ketones (excluding diaryl/α,β-unsaturated/α-hetero) is 3. The Labute approximate surface area is 315 Å². The summed E-state index contributed by atoms with van der Waals surface area (Å²) in [4.78, 5) is 89.2. The van der Waals surface area contributed by atoms with Crippen LogP contribution in [0.2, 0.25) is 0 Å². The minimum Gasteiger partial charge on any atom is -0.379 e.